The fraction of sp³-hybridized carbons (Fsp3) is 0.833. The maximum Gasteiger partial charge on any atom is 0.243 e. The minimum absolute atomic E-state index is 0.0103. The molecule has 0 spiro atoms. The highest BCUT2D eigenvalue weighted by Crippen LogP contribution is 2.14. The number of piperazine rings is 1. The molecule has 0 aromatic rings. The van der Waals surface area contributed by atoms with Gasteiger partial charge in [0, 0.05) is 59.9 Å². The van der Waals surface area contributed by atoms with E-state index < -0.39 is 0 Å². The highest BCUT2D eigenvalue weighted by molar-refractivity contribution is 5.85. The number of hydrogen-bond donors (Lipinski definition) is 1. The average Bonchev–Trinajstić information content (AvgIpc) is 3.18. The van der Waals surface area contributed by atoms with E-state index in [0.29, 0.717) is 0 Å². The van der Waals surface area contributed by atoms with E-state index in [4.69, 9.17) is 0 Å². The van der Waals surface area contributed by atoms with Crippen molar-refractivity contribution in [3.63, 3.8) is 0 Å². The number of likely N-dealkylation sites (N-methyl/N-ethyl adjacent to an activating group) is 1. The summed E-state index contributed by atoms with van der Waals surface area (Å²) in [5.74, 6) is 1.03. The Labute approximate surface area is 157 Å². The lowest BCUT2D eigenvalue weighted by Gasteiger charge is -2.39. The molecule has 2 saturated heterocycles. The van der Waals surface area contributed by atoms with Crippen molar-refractivity contribution in [2.45, 2.75) is 32.7 Å². The van der Waals surface area contributed by atoms with Crippen molar-refractivity contribution in [3.8, 4) is 0 Å². The SMILES string of the molecule is CCNC(=NCC(=O)N(C)C)N1CCN(C(C)C(=O)N2CCCC2)CC1. The molecule has 8 nitrogen and oxygen atoms in total. The van der Waals surface area contributed by atoms with Crippen molar-refractivity contribution >= 4 is 17.8 Å². The Morgan fingerprint density at radius 1 is 1.04 bits per heavy atom. The van der Waals surface area contributed by atoms with Gasteiger partial charge < -0.3 is 20.0 Å². The monoisotopic (exact) mass is 366 g/mol. The largest absolute Gasteiger partial charge is 0.357 e. The molecule has 8 heteroatoms. The third-order valence-electron chi connectivity index (χ3n) is 5.13. The second-order valence-electron chi connectivity index (χ2n) is 7.19. The first-order chi connectivity index (χ1) is 12.4. The Balaban J connectivity index is 1.88. The van der Waals surface area contributed by atoms with Crippen molar-refractivity contribution in [2.24, 2.45) is 4.99 Å². The van der Waals surface area contributed by atoms with Gasteiger partial charge in [-0.1, -0.05) is 0 Å². The first-order valence-corrected chi connectivity index (χ1v) is 9.70. The number of nitrogens with one attached hydrogen (secondary N) is 1. The molecule has 148 valence electrons. The molecule has 2 aliphatic heterocycles. The van der Waals surface area contributed by atoms with Gasteiger partial charge in [0.05, 0.1) is 6.04 Å². The third kappa shape index (κ3) is 5.33. The van der Waals surface area contributed by atoms with Gasteiger partial charge in [-0.2, -0.15) is 0 Å². The lowest BCUT2D eigenvalue weighted by atomic mass is 10.2. The third-order valence-corrected chi connectivity index (χ3v) is 5.13. The minimum Gasteiger partial charge on any atom is -0.357 e. The van der Waals surface area contributed by atoms with E-state index in [1.807, 2.05) is 18.7 Å². The Kier molecular flexibility index (Phi) is 7.68. The fourth-order valence-corrected chi connectivity index (χ4v) is 3.39. The Morgan fingerprint density at radius 2 is 1.65 bits per heavy atom. The molecule has 2 fully saturated rings. The summed E-state index contributed by atoms with van der Waals surface area (Å²) in [5.41, 5.74) is 0. The lowest BCUT2D eigenvalue weighted by molar-refractivity contribution is -0.135. The summed E-state index contributed by atoms with van der Waals surface area (Å²) in [4.78, 5) is 36.8. The number of rotatable bonds is 5. The van der Waals surface area contributed by atoms with Crippen molar-refractivity contribution < 1.29 is 9.59 Å². The Bertz CT molecular complexity index is 508. The van der Waals surface area contributed by atoms with Crippen LogP contribution in [-0.2, 0) is 9.59 Å². The average molecular weight is 367 g/mol. The van der Waals surface area contributed by atoms with Crippen molar-refractivity contribution in [1.29, 1.82) is 0 Å². The van der Waals surface area contributed by atoms with Gasteiger partial charge in [0.15, 0.2) is 5.96 Å². The highest BCUT2D eigenvalue weighted by Gasteiger charge is 2.30. The molecule has 1 atom stereocenters. The molecule has 2 amide bonds. The van der Waals surface area contributed by atoms with Gasteiger partial charge in [-0.15, -0.1) is 0 Å². The van der Waals surface area contributed by atoms with Gasteiger partial charge >= 0.3 is 0 Å². The second kappa shape index (κ2) is 9.75. The maximum atomic E-state index is 12.6. The number of aliphatic imine (C=N–C) groups is 1. The highest BCUT2D eigenvalue weighted by atomic mass is 16.2. The van der Waals surface area contributed by atoms with E-state index in [1.165, 1.54) is 0 Å². The van der Waals surface area contributed by atoms with E-state index in [1.54, 1.807) is 19.0 Å². The molecule has 2 rings (SSSR count). The van der Waals surface area contributed by atoms with Crippen LogP contribution in [0.25, 0.3) is 0 Å². The van der Waals surface area contributed by atoms with Crippen LogP contribution in [0.3, 0.4) is 0 Å². The zero-order valence-corrected chi connectivity index (χ0v) is 16.7. The summed E-state index contributed by atoms with van der Waals surface area (Å²) < 4.78 is 0. The number of amides is 2. The van der Waals surface area contributed by atoms with E-state index in [2.05, 4.69) is 20.1 Å². The van der Waals surface area contributed by atoms with Crippen LogP contribution in [0, 0.1) is 0 Å². The second-order valence-corrected chi connectivity index (χ2v) is 7.19. The molecule has 0 radical (unpaired) electrons. The first-order valence-electron chi connectivity index (χ1n) is 9.70. The lowest BCUT2D eigenvalue weighted by Crippen LogP contribution is -2.57. The van der Waals surface area contributed by atoms with Gasteiger partial charge in [-0.25, -0.2) is 4.99 Å². The normalized spacial score (nSPS) is 20.2. The van der Waals surface area contributed by atoms with Crippen LogP contribution in [-0.4, -0.2) is 110 Å². The molecule has 26 heavy (non-hydrogen) atoms. The van der Waals surface area contributed by atoms with Crippen LogP contribution in [0.5, 0.6) is 0 Å². The van der Waals surface area contributed by atoms with Gasteiger partial charge in [0.1, 0.15) is 6.54 Å². The fourth-order valence-electron chi connectivity index (χ4n) is 3.39. The van der Waals surface area contributed by atoms with Gasteiger partial charge in [0.2, 0.25) is 11.8 Å². The Morgan fingerprint density at radius 3 is 2.19 bits per heavy atom. The molecule has 2 aliphatic rings. The van der Waals surface area contributed by atoms with Crippen molar-refractivity contribution in [2.75, 3.05) is 66.5 Å². The standard InChI is InChI=1S/C18H34N6O2/c1-5-19-18(20-14-16(25)21(3)4)24-12-10-22(11-13-24)15(2)17(26)23-8-6-7-9-23/h15H,5-14H2,1-4H3,(H,19,20). The van der Waals surface area contributed by atoms with Gasteiger partial charge in [-0.05, 0) is 26.7 Å². The summed E-state index contributed by atoms with van der Waals surface area (Å²) in [6.07, 6.45) is 2.25. The molecule has 2 heterocycles. The molecule has 0 saturated carbocycles. The van der Waals surface area contributed by atoms with Crippen molar-refractivity contribution in [3.05, 3.63) is 0 Å². The molecule has 1 N–H and O–H groups in total. The van der Waals surface area contributed by atoms with E-state index >= 15 is 0 Å². The molecule has 0 aromatic carbocycles. The summed E-state index contributed by atoms with van der Waals surface area (Å²) >= 11 is 0. The maximum absolute atomic E-state index is 12.6. The van der Waals surface area contributed by atoms with Gasteiger partial charge in [-0.3, -0.25) is 14.5 Å². The number of likely N-dealkylation sites (tertiary alicyclic amines) is 1. The van der Waals surface area contributed by atoms with Crippen molar-refractivity contribution in [1.82, 2.24) is 24.9 Å². The predicted molar refractivity (Wildman–Crippen MR) is 103 cm³/mol. The predicted octanol–water partition coefficient (Wildman–Crippen LogP) is -0.331. The van der Waals surface area contributed by atoms with Crippen LogP contribution in [0.15, 0.2) is 4.99 Å². The number of carbonyl (C=O) groups excluding carboxylic acids is 2. The number of nitrogens with zero attached hydrogens (tertiary/aromatic N) is 5. The zero-order valence-electron chi connectivity index (χ0n) is 16.7. The van der Waals surface area contributed by atoms with E-state index in [0.717, 1.165) is 64.6 Å². The summed E-state index contributed by atoms with van der Waals surface area (Å²) in [7, 11) is 3.48. The van der Waals surface area contributed by atoms with Crippen LogP contribution < -0.4 is 5.32 Å². The molecule has 0 bridgehead atoms. The van der Waals surface area contributed by atoms with E-state index in [9.17, 15) is 9.59 Å². The summed E-state index contributed by atoms with van der Waals surface area (Å²) in [6.45, 7) is 10.0. The Hall–Kier alpha value is -1.83. The minimum atomic E-state index is -0.0647. The van der Waals surface area contributed by atoms with Crippen LogP contribution in [0.1, 0.15) is 26.7 Å². The molecular formula is C18H34N6O2. The molecule has 1 unspecified atom stereocenters. The summed E-state index contributed by atoms with van der Waals surface area (Å²) in [5, 5.41) is 3.27. The van der Waals surface area contributed by atoms with E-state index in [-0.39, 0.29) is 24.4 Å². The molecule has 0 aromatic heterocycles. The van der Waals surface area contributed by atoms with Crippen LogP contribution in [0.4, 0.5) is 0 Å². The zero-order chi connectivity index (χ0) is 19.1. The molecular weight excluding hydrogens is 332 g/mol. The number of hydrogen-bond acceptors (Lipinski definition) is 4. The van der Waals surface area contributed by atoms with Crippen LogP contribution in [0.2, 0.25) is 0 Å². The number of guanidine groups is 1. The summed E-state index contributed by atoms with van der Waals surface area (Å²) in [6, 6.07) is -0.0647. The topological polar surface area (TPSA) is 71.5 Å². The number of carbonyl (C=O) groups is 2. The quantitative estimate of drug-likeness (QED) is 0.533. The smallest absolute Gasteiger partial charge is 0.243 e. The van der Waals surface area contributed by atoms with Gasteiger partial charge in [0.25, 0.3) is 0 Å². The molecule has 0 aliphatic carbocycles. The first kappa shape index (κ1) is 20.5. The van der Waals surface area contributed by atoms with Crippen LogP contribution >= 0.6 is 0 Å².